The van der Waals surface area contributed by atoms with Gasteiger partial charge in [0.25, 0.3) is 0 Å². The van der Waals surface area contributed by atoms with Crippen molar-refractivity contribution < 1.29 is 114 Å². The van der Waals surface area contributed by atoms with Gasteiger partial charge in [0.1, 0.15) is 79.4 Å². The molecule has 31 atom stereocenters. The highest BCUT2D eigenvalue weighted by Crippen LogP contribution is 2.76. The fraction of sp³-hybridized carbons (Fsp3) is 0.944. The predicted molar refractivity (Wildman–Crippen MR) is 263 cm³/mol. The van der Waals surface area contributed by atoms with Gasteiger partial charge in [-0.3, -0.25) is 0 Å². The second-order valence-corrected chi connectivity index (χ2v) is 26.4. The topological polar surface area (TPSA) is 374 Å². The van der Waals surface area contributed by atoms with Crippen molar-refractivity contribution in [2.24, 2.45) is 50.2 Å². The lowest BCUT2D eigenvalue weighted by molar-refractivity contribution is -0.396. The molecule has 0 aromatic carbocycles. The summed E-state index contributed by atoms with van der Waals surface area (Å²) in [7, 11) is 0. The highest BCUT2D eigenvalue weighted by Gasteiger charge is 2.71. The van der Waals surface area contributed by atoms with Gasteiger partial charge in [-0.05, 0) is 105 Å². The summed E-state index contributed by atoms with van der Waals surface area (Å²) in [4.78, 5) is 12.6. The van der Waals surface area contributed by atoms with Crippen molar-refractivity contribution in [2.75, 3.05) is 13.2 Å². The summed E-state index contributed by atoms with van der Waals surface area (Å²) >= 11 is 0. The zero-order chi connectivity index (χ0) is 56.6. The first-order valence-electron chi connectivity index (χ1n) is 27.7. The Morgan fingerprint density at radius 2 is 1.14 bits per heavy atom. The lowest BCUT2D eigenvalue weighted by Crippen LogP contribution is -2.69. The number of carbonyl (C=O) groups is 1. The van der Waals surface area contributed by atoms with Crippen LogP contribution in [0.1, 0.15) is 114 Å². The molecule has 0 spiro atoms. The van der Waals surface area contributed by atoms with E-state index in [9.17, 15) is 76.3 Å². The molecular formula is C54H88O23. The third-order valence-corrected chi connectivity index (χ3v) is 21.8. The van der Waals surface area contributed by atoms with Gasteiger partial charge in [0, 0.05) is 10.8 Å². The molecule has 0 radical (unpaired) electrons. The summed E-state index contributed by atoms with van der Waals surface area (Å²) in [6.45, 7) is 16.9. The van der Waals surface area contributed by atoms with Gasteiger partial charge in [0.2, 0.25) is 0 Å². The van der Waals surface area contributed by atoms with Crippen molar-refractivity contribution in [3.05, 3.63) is 11.6 Å². The van der Waals surface area contributed by atoms with E-state index in [0.29, 0.717) is 32.1 Å². The molecular weight excluding hydrogens is 1020 g/mol. The van der Waals surface area contributed by atoms with E-state index in [2.05, 4.69) is 33.8 Å². The number of hydrogen-bond acceptors (Lipinski definition) is 22. The molecule has 4 saturated heterocycles. The van der Waals surface area contributed by atoms with Crippen LogP contribution in [-0.4, -0.2) is 232 Å². The Bertz CT molecular complexity index is 2150. The largest absolute Gasteiger partial charge is 0.479 e. The number of carboxylic acids is 1. The number of allylic oxidation sites excluding steroid dienone is 2. The highest BCUT2D eigenvalue weighted by atomic mass is 16.8. The molecule has 4 heterocycles. The second-order valence-electron chi connectivity index (χ2n) is 26.4. The van der Waals surface area contributed by atoms with Crippen LogP contribution in [0, 0.1) is 50.2 Å². The van der Waals surface area contributed by atoms with Crippen LogP contribution >= 0.6 is 0 Å². The molecule has 4 saturated carbocycles. The summed E-state index contributed by atoms with van der Waals surface area (Å²) in [6, 6.07) is 0. The number of fused-ring (bicyclic) bond motifs is 7. The molecule has 9 rings (SSSR count). The Kier molecular flexibility index (Phi) is 16.5. The van der Waals surface area contributed by atoms with Crippen molar-refractivity contribution in [3.63, 3.8) is 0 Å². The maximum Gasteiger partial charge on any atom is 0.335 e. The summed E-state index contributed by atoms with van der Waals surface area (Å²) in [6.07, 6.45) is -28.2. The van der Waals surface area contributed by atoms with E-state index in [1.807, 2.05) is 20.8 Å². The Labute approximate surface area is 449 Å². The number of hydrogen-bond donors (Lipinski definition) is 14. The van der Waals surface area contributed by atoms with Gasteiger partial charge >= 0.3 is 5.97 Å². The maximum atomic E-state index is 12.6. The lowest BCUT2D eigenvalue weighted by atomic mass is 9.33. The first-order valence-corrected chi connectivity index (χ1v) is 27.7. The van der Waals surface area contributed by atoms with Gasteiger partial charge in [-0.15, -0.1) is 0 Å². The number of aliphatic hydroxyl groups excluding tert-OH is 13. The first kappa shape index (κ1) is 60.0. The maximum absolute atomic E-state index is 12.6. The van der Waals surface area contributed by atoms with Crippen LogP contribution < -0.4 is 0 Å². The summed E-state index contributed by atoms with van der Waals surface area (Å²) in [5.41, 5.74) is -1.87. The van der Waals surface area contributed by atoms with E-state index in [-0.39, 0.29) is 40.6 Å². The molecule has 0 aromatic rings. The minimum absolute atomic E-state index is 0.0274. The van der Waals surface area contributed by atoms with Gasteiger partial charge in [-0.25, -0.2) is 4.79 Å². The Balaban J connectivity index is 0.969. The molecule has 4 aliphatic heterocycles. The van der Waals surface area contributed by atoms with Gasteiger partial charge in [0.05, 0.1) is 43.7 Å². The van der Waals surface area contributed by atoms with E-state index in [4.69, 9.17) is 37.9 Å². The van der Waals surface area contributed by atoms with Gasteiger partial charge in [-0.1, -0.05) is 60.1 Å². The van der Waals surface area contributed by atoms with Crippen LogP contribution in [0.15, 0.2) is 11.6 Å². The Hall–Kier alpha value is -1.63. The van der Waals surface area contributed by atoms with Crippen molar-refractivity contribution >= 4 is 5.97 Å². The fourth-order valence-electron chi connectivity index (χ4n) is 16.6. The van der Waals surface area contributed by atoms with Crippen LogP contribution in [0.2, 0.25) is 0 Å². The minimum atomic E-state index is -2.11. The van der Waals surface area contributed by atoms with Crippen LogP contribution in [0.3, 0.4) is 0 Å². The van der Waals surface area contributed by atoms with Crippen molar-refractivity contribution in [3.8, 4) is 0 Å². The quantitative estimate of drug-likeness (QED) is 0.0829. The standard InChI is InChI=1S/C54H88O23/c1-21-29(57)32(60)37(65)45(70-21)75-40-34(62)31(59)25(19-55)72-47(40)76-41-36(64)35(63)39(44(68)69)74-48(41)73-28-13-14-51(6)26(52(28,7)20-56)12-15-54(9)27(51)11-10-23-24-18-49(3,4)43(42(67)50(24,5)16-17-53(23,54)8)77-46-38(66)33(61)30(58)22(2)71-46/h10,21-22,24-43,45-48,55-67H,11-20H2,1-9H3,(H,68,69). The minimum Gasteiger partial charge on any atom is -0.479 e. The predicted octanol–water partition coefficient (Wildman–Crippen LogP) is -1.47. The van der Waals surface area contributed by atoms with Gasteiger partial charge in [0.15, 0.2) is 31.3 Å². The van der Waals surface area contributed by atoms with E-state index in [1.165, 1.54) is 12.5 Å². The van der Waals surface area contributed by atoms with Crippen LogP contribution in [0.4, 0.5) is 0 Å². The fourth-order valence-corrected chi connectivity index (χ4v) is 16.6. The molecule has 23 heteroatoms. The van der Waals surface area contributed by atoms with E-state index < -0.39 is 170 Å². The Morgan fingerprint density at radius 3 is 1.71 bits per heavy atom. The van der Waals surface area contributed by atoms with Crippen molar-refractivity contribution in [1.29, 1.82) is 0 Å². The first-order chi connectivity index (χ1) is 35.9. The molecule has 8 fully saturated rings. The summed E-state index contributed by atoms with van der Waals surface area (Å²) in [5.74, 6) is -1.72. The summed E-state index contributed by atoms with van der Waals surface area (Å²) < 4.78 is 48.6. The molecule has 0 bridgehead atoms. The molecule has 14 N–H and O–H groups in total. The van der Waals surface area contributed by atoms with Crippen LogP contribution in [-0.2, 0) is 42.7 Å². The lowest BCUT2D eigenvalue weighted by Gasteiger charge is -2.72. The third kappa shape index (κ3) is 9.42. The van der Waals surface area contributed by atoms with Crippen molar-refractivity contribution in [1.82, 2.24) is 0 Å². The van der Waals surface area contributed by atoms with Crippen molar-refractivity contribution in [2.45, 2.75) is 255 Å². The molecule has 442 valence electrons. The number of aliphatic hydroxyl groups is 13. The number of aliphatic carboxylic acids is 1. The SMILES string of the molecule is CC1OC(OC2C(OC3C(OC4CCC5(C)C(CCC6(C)C5CC=C5C7CC(C)(C)C(OC8OC(C)C(O)C(O)C8O)C(O)C7(C)CCC56C)C4(C)CO)OC(C(=O)O)C(O)C3O)OC(CO)C(O)C2O)C(O)C(O)C1O. The van der Waals surface area contributed by atoms with E-state index >= 15 is 0 Å². The monoisotopic (exact) mass is 1100 g/mol. The number of rotatable bonds is 11. The van der Waals surface area contributed by atoms with Gasteiger partial charge in [-0.2, -0.15) is 0 Å². The van der Waals surface area contributed by atoms with E-state index in [1.54, 1.807) is 6.92 Å². The number of carboxylic acid groups (broad SMARTS) is 1. The average molecular weight is 1110 g/mol. The average Bonchev–Trinajstić information content (AvgIpc) is 3.45. The summed E-state index contributed by atoms with van der Waals surface area (Å²) in [5, 5.41) is 153. The molecule has 23 nitrogen and oxygen atoms in total. The molecule has 31 unspecified atom stereocenters. The van der Waals surface area contributed by atoms with Crippen LogP contribution in [0.25, 0.3) is 0 Å². The zero-order valence-corrected chi connectivity index (χ0v) is 45.6. The number of ether oxygens (including phenoxy) is 8. The normalized spacial score (nSPS) is 56.7. The molecule has 9 aliphatic rings. The zero-order valence-electron chi connectivity index (χ0n) is 45.6. The highest BCUT2D eigenvalue weighted by molar-refractivity contribution is 5.73. The molecule has 0 amide bonds. The molecule has 5 aliphatic carbocycles. The van der Waals surface area contributed by atoms with E-state index in [0.717, 1.165) is 19.3 Å². The molecule has 0 aromatic heterocycles. The van der Waals surface area contributed by atoms with Crippen LogP contribution in [0.5, 0.6) is 0 Å². The van der Waals surface area contributed by atoms with Gasteiger partial charge < -0.3 is 109 Å². The second kappa shape index (κ2) is 21.2. The third-order valence-electron chi connectivity index (χ3n) is 21.8. The Morgan fingerprint density at radius 1 is 0.584 bits per heavy atom. The molecule has 77 heavy (non-hydrogen) atoms. The smallest absolute Gasteiger partial charge is 0.335 e.